The monoisotopic (exact) mass is 553 g/mol. The molecule has 0 fully saturated rings. The third kappa shape index (κ3) is 6.40. The van der Waals surface area contributed by atoms with Gasteiger partial charge in [-0.05, 0) is 65.4 Å². The van der Waals surface area contributed by atoms with E-state index >= 15 is 0 Å². The number of aryl methyl sites for hydroxylation is 1. The van der Waals surface area contributed by atoms with Gasteiger partial charge in [0.15, 0.2) is 5.54 Å². The SMILES string of the molecule is Cc1ccc(C2=C(n3cnnn3)C(=O)NC(c3ccc(OCCCCCC(F)(F)F)cc3)(C(F)(F)F)C2)cc1. The number of amides is 1. The smallest absolute Gasteiger partial charge is 0.416 e. The standard InChI is InChI=1S/C26H25F6N5O2/c1-17-5-7-18(8-6-17)21-15-24(26(30,31)32,34-23(38)22(21)37-16-33-35-36-37)19-9-11-20(12-10-19)39-14-4-2-3-13-25(27,28)29/h5-12,16H,2-4,13-15H2,1H3,(H,34,38). The number of nitrogens with zero attached hydrogens (tertiary/aromatic N) is 4. The van der Waals surface area contributed by atoms with Crippen molar-refractivity contribution in [3.8, 4) is 5.75 Å². The molecule has 13 heteroatoms. The fourth-order valence-electron chi connectivity index (χ4n) is 4.42. The summed E-state index contributed by atoms with van der Waals surface area (Å²) in [6.07, 6.45) is -8.81. The normalized spacial score (nSPS) is 18.3. The third-order valence-electron chi connectivity index (χ3n) is 6.45. The fraction of sp³-hybridized carbons (Fsp3) is 0.385. The number of ether oxygens (including phenoxy) is 1. The molecule has 2 heterocycles. The van der Waals surface area contributed by atoms with E-state index in [0.717, 1.165) is 16.6 Å². The summed E-state index contributed by atoms with van der Waals surface area (Å²) in [6, 6.07) is 11.9. The molecule has 2 aromatic carbocycles. The molecule has 1 aliphatic heterocycles. The highest BCUT2D eigenvalue weighted by Gasteiger charge is 2.59. The quantitative estimate of drug-likeness (QED) is 0.267. The predicted octanol–water partition coefficient (Wildman–Crippen LogP) is 5.83. The number of halogens is 6. The van der Waals surface area contributed by atoms with Crippen molar-refractivity contribution >= 4 is 17.2 Å². The van der Waals surface area contributed by atoms with Crippen LogP contribution in [-0.4, -0.2) is 45.1 Å². The van der Waals surface area contributed by atoms with Crippen LogP contribution in [-0.2, 0) is 10.3 Å². The lowest BCUT2D eigenvalue weighted by Gasteiger charge is -2.41. The number of hydrogen-bond acceptors (Lipinski definition) is 5. The molecule has 0 bridgehead atoms. The summed E-state index contributed by atoms with van der Waals surface area (Å²) >= 11 is 0. The molecular weight excluding hydrogens is 528 g/mol. The van der Waals surface area contributed by atoms with E-state index in [4.69, 9.17) is 4.74 Å². The van der Waals surface area contributed by atoms with Crippen LogP contribution in [0.5, 0.6) is 5.75 Å². The summed E-state index contributed by atoms with van der Waals surface area (Å²) in [6.45, 7) is 1.95. The predicted molar refractivity (Wildman–Crippen MR) is 129 cm³/mol. The van der Waals surface area contributed by atoms with Crippen molar-refractivity contribution in [3.63, 3.8) is 0 Å². The van der Waals surface area contributed by atoms with Crippen molar-refractivity contribution in [2.45, 2.75) is 56.9 Å². The molecule has 39 heavy (non-hydrogen) atoms. The molecule has 1 amide bonds. The van der Waals surface area contributed by atoms with Crippen LogP contribution in [0.3, 0.4) is 0 Å². The number of benzene rings is 2. The van der Waals surface area contributed by atoms with E-state index in [-0.39, 0.29) is 35.6 Å². The van der Waals surface area contributed by atoms with Crippen LogP contribution in [0.4, 0.5) is 26.3 Å². The summed E-state index contributed by atoms with van der Waals surface area (Å²) in [4.78, 5) is 13.3. The Morgan fingerprint density at radius 2 is 1.67 bits per heavy atom. The zero-order chi connectivity index (χ0) is 28.3. The van der Waals surface area contributed by atoms with Crippen LogP contribution < -0.4 is 10.1 Å². The first-order chi connectivity index (χ1) is 18.4. The van der Waals surface area contributed by atoms with Gasteiger partial charge in [0.25, 0.3) is 5.91 Å². The van der Waals surface area contributed by atoms with Gasteiger partial charge in [0.2, 0.25) is 0 Å². The zero-order valence-corrected chi connectivity index (χ0v) is 20.8. The van der Waals surface area contributed by atoms with Gasteiger partial charge in [-0.25, -0.2) is 0 Å². The average Bonchev–Trinajstić information content (AvgIpc) is 3.39. The van der Waals surface area contributed by atoms with E-state index in [9.17, 15) is 31.1 Å². The fourth-order valence-corrected chi connectivity index (χ4v) is 4.42. The minimum absolute atomic E-state index is 0.0247. The Labute approximate surface area is 219 Å². The highest BCUT2D eigenvalue weighted by Crippen LogP contribution is 2.49. The van der Waals surface area contributed by atoms with Crippen LogP contribution in [0.2, 0.25) is 0 Å². The Bertz CT molecular complexity index is 1300. The van der Waals surface area contributed by atoms with Crippen LogP contribution in [0.1, 0.15) is 48.8 Å². The summed E-state index contributed by atoms with van der Waals surface area (Å²) in [5, 5.41) is 12.9. The maximum Gasteiger partial charge on any atom is 0.416 e. The van der Waals surface area contributed by atoms with Crippen molar-refractivity contribution < 1.29 is 35.9 Å². The Hall–Kier alpha value is -3.90. The van der Waals surface area contributed by atoms with Crippen LogP contribution >= 0.6 is 0 Å². The zero-order valence-electron chi connectivity index (χ0n) is 20.8. The third-order valence-corrected chi connectivity index (χ3v) is 6.45. The first-order valence-electron chi connectivity index (χ1n) is 12.1. The largest absolute Gasteiger partial charge is 0.494 e. The highest BCUT2D eigenvalue weighted by molar-refractivity contribution is 6.23. The number of carbonyl (C=O) groups excluding carboxylic acids is 1. The molecule has 1 N–H and O–H groups in total. The number of alkyl halides is 6. The van der Waals surface area contributed by atoms with E-state index in [1.54, 1.807) is 24.3 Å². The maximum absolute atomic E-state index is 14.8. The van der Waals surface area contributed by atoms with Gasteiger partial charge in [0.1, 0.15) is 17.8 Å². The summed E-state index contributed by atoms with van der Waals surface area (Å²) in [7, 11) is 0. The molecule has 0 saturated carbocycles. The van der Waals surface area contributed by atoms with Crippen molar-refractivity contribution in [3.05, 3.63) is 71.5 Å². The van der Waals surface area contributed by atoms with Crippen molar-refractivity contribution in [1.82, 2.24) is 25.5 Å². The molecule has 4 rings (SSSR count). The second kappa shape index (κ2) is 11.1. The molecule has 7 nitrogen and oxygen atoms in total. The average molecular weight is 554 g/mol. The van der Waals surface area contributed by atoms with Crippen LogP contribution in [0, 0.1) is 6.92 Å². The molecule has 0 spiro atoms. The summed E-state index contributed by atoms with van der Waals surface area (Å²) < 4.78 is 87.6. The van der Waals surface area contributed by atoms with E-state index < -0.39 is 36.6 Å². The highest BCUT2D eigenvalue weighted by atomic mass is 19.4. The Balaban J connectivity index is 1.61. The van der Waals surface area contributed by atoms with Crippen molar-refractivity contribution in [2.24, 2.45) is 0 Å². The molecule has 1 aromatic heterocycles. The van der Waals surface area contributed by atoms with Gasteiger partial charge < -0.3 is 10.1 Å². The van der Waals surface area contributed by atoms with Gasteiger partial charge in [-0.15, -0.1) is 5.10 Å². The molecule has 1 unspecified atom stereocenters. The second-order valence-electron chi connectivity index (χ2n) is 9.28. The molecule has 1 aliphatic rings. The van der Waals surface area contributed by atoms with Crippen molar-refractivity contribution in [1.29, 1.82) is 0 Å². The molecule has 0 aliphatic carbocycles. The maximum atomic E-state index is 14.8. The topological polar surface area (TPSA) is 81.9 Å². The Kier molecular flexibility index (Phi) is 7.98. The molecule has 1 atom stereocenters. The van der Waals surface area contributed by atoms with Crippen LogP contribution in [0.15, 0.2) is 54.9 Å². The van der Waals surface area contributed by atoms with E-state index in [0.29, 0.717) is 18.4 Å². The lowest BCUT2D eigenvalue weighted by atomic mass is 9.77. The van der Waals surface area contributed by atoms with Gasteiger partial charge in [-0.3, -0.25) is 4.79 Å². The van der Waals surface area contributed by atoms with Crippen LogP contribution in [0.25, 0.3) is 11.3 Å². The van der Waals surface area contributed by atoms with E-state index in [1.165, 1.54) is 24.3 Å². The minimum Gasteiger partial charge on any atom is -0.494 e. The number of nitrogens with one attached hydrogen (secondary N) is 1. The van der Waals surface area contributed by atoms with E-state index in [2.05, 4.69) is 20.8 Å². The number of rotatable bonds is 9. The first kappa shape index (κ1) is 28.1. The molecular formula is C26H25F6N5O2. The summed E-state index contributed by atoms with van der Waals surface area (Å²) in [5.74, 6) is -0.738. The number of unbranched alkanes of at least 4 members (excludes halogenated alkanes) is 2. The molecule has 208 valence electrons. The Morgan fingerprint density at radius 3 is 2.26 bits per heavy atom. The summed E-state index contributed by atoms with van der Waals surface area (Å²) in [5.41, 5.74) is -1.66. The van der Waals surface area contributed by atoms with Gasteiger partial charge in [-0.1, -0.05) is 42.0 Å². The number of aromatic nitrogens is 4. The van der Waals surface area contributed by atoms with Crippen molar-refractivity contribution in [2.75, 3.05) is 6.61 Å². The van der Waals surface area contributed by atoms with Gasteiger partial charge in [-0.2, -0.15) is 31.0 Å². The number of carbonyl (C=O) groups is 1. The van der Waals surface area contributed by atoms with Gasteiger partial charge >= 0.3 is 12.4 Å². The second-order valence-corrected chi connectivity index (χ2v) is 9.28. The lowest BCUT2D eigenvalue weighted by molar-refractivity contribution is -0.201. The minimum atomic E-state index is -4.88. The first-order valence-corrected chi connectivity index (χ1v) is 12.1. The van der Waals surface area contributed by atoms with E-state index in [1.807, 2.05) is 6.92 Å². The van der Waals surface area contributed by atoms with Gasteiger partial charge in [0.05, 0.1) is 6.61 Å². The molecule has 0 saturated heterocycles. The Morgan fingerprint density at radius 1 is 0.974 bits per heavy atom. The molecule has 3 aromatic rings. The number of hydrogen-bond donors (Lipinski definition) is 1. The van der Waals surface area contributed by atoms with Gasteiger partial charge in [0, 0.05) is 12.8 Å². The lowest BCUT2D eigenvalue weighted by Crippen LogP contribution is -2.58. The number of tetrazole rings is 1. The molecule has 0 radical (unpaired) electrons.